The van der Waals surface area contributed by atoms with E-state index in [4.69, 9.17) is 19.5 Å². The Morgan fingerprint density at radius 2 is 2.11 bits per heavy atom. The lowest BCUT2D eigenvalue weighted by Crippen LogP contribution is -2.38. The van der Waals surface area contributed by atoms with Crippen LogP contribution >= 0.6 is 0 Å². The average molecular weight is 375 g/mol. The largest absolute Gasteiger partial charge is 0.489 e. The number of nitrogens with zero attached hydrogens (tertiary/aromatic N) is 2. The Morgan fingerprint density at radius 3 is 2.74 bits per heavy atom. The van der Waals surface area contributed by atoms with E-state index in [1.54, 1.807) is 6.07 Å². The van der Waals surface area contributed by atoms with E-state index >= 15 is 0 Å². The van der Waals surface area contributed by atoms with Gasteiger partial charge in [0, 0.05) is 18.7 Å². The normalized spacial score (nSPS) is 19.1. The van der Waals surface area contributed by atoms with Gasteiger partial charge in [0.15, 0.2) is 5.78 Å². The van der Waals surface area contributed by atoms with Gasteiger partial charge in [-0.2, -0.15) is 5.26 Å². The SMILES string of the molecule is COc1nccc(O[C@@H]2CC[C@H](NC(=O)OC(C)(C)C)C2)c1C(=O)CC#N. The standard InChI is InChI=1S/C19H25N3O5/c1-19(2,3)27-18(24)22-12-5-6-13(11-12)26-15-8-10-21-17(25-4)16(15)14(23)7-9-20/h8,10,12-13H,5-7,11H2,1-4H3,(H,22,24)/t12-,13+/m0/s1. The maximum Gasteiger partial charge on any atom is 0.407 e. The minimum Gasteiger partial charge on any atom is -0.489 e. The average Bonchev–Trinajstić information content (AvgIpc) is 2.99. The maximum absolute atomic E-state index is 12.3. The van der Waals surface area contributed by atoms with Gasteiger partial charge in [-0.05, 0) is 39.7 Å². The van der Waals surface area contributed by atoms with Crippen LogP contribution in [0.25, 0.3) is 0 Å². The Hall–Kier alpha value is -2.82. The molecule has 0 saturated heterocycles. The summed E-state index contributed by atoms with van der Waals surface area (Å²) in [5.74, 6) is 0.0677. The molecule has 27 heavy (non-hydrogen) atoms. The lowest BCUT2D eigenvalue weighted by Gasteiger charge is -2.22. The predicted molar refractivity (Wildman–Crippen MR) is 96.8 cm³/mol. The molecule has 1 amide bonds. The van der Waals surface area contributed by atoms with Crippen LogP contribution in [-0.4, -0.2) is 41.7 Å². The number of alkyl carbamates (subject to hydrolysis) is 1. The van der Waals surface area contributed by atoms with E-state index in [2.05, 4.69) is 10.3 Å². The molecule has 0 bridgehead atoms. The zero-order chi connectivity index (χ0) is 20.0. The lowest BCUT2D eigenvalue weighted by atomic mass is 10.1. The Kier molecular flexibility index (Phi) is 6.61. The minimum absolute atomic E-state index is 0.0631. The smallest absolute Gasteiger partial charge is 0.407 e. The van der Waals surface area contributed by atoms with E-state index in [9.17, 15) is 9.59 Å². The Labute approximate surface area is 158 Å². The molecule has 1 saturated carbocycles. The molecule has 0 aliphatic heterocycles. The van der Waals surface area contributed by atoms with E-state index in [0.29, 0.717) is 12.2 Å². The van der Waals surface area contributed by atoms with Crippen molar-refractivity contribution >= 4 is 11.9 Å². The van der Waals surface area contributed by atoms with Crippen LogP contribution in [0, 0.1) is 11.3 Å². The second-order valence-electron chi connectivity index (χ2n) is 7.35. The fourth-order valence-corrected chi connectivity index (χ4v) is 2.93. The zero-order valence-electron chi connectivity index (χ0n) is 16.1. The van der Waals surface area contributed by atoms with Crippen LogP contribution < -0.4 is 14.8 Å². The van der Waals surface area contributed by atoms with Gasteiger partial charge in [0.25, 0.3) is 0 Å². The van der Waals surface area contributed by atoms with Crippen LogP contribution in [0.2, 0.25) is 0 Å². The monoisotopic (exact) mass is 375 g/mol. The van der Waals surface area contributed by atoms with E-state index < -0.39 is 17.5 Å². The molecular formula is C19H25N3O5. The summed E-state index contributed by atoms with van der Waals surface area (Å²) >= 11 is 0. The first-order valence-electron chi connectivity index (χ1n) is 8.82. The summed E-state index contributed by atoms with van der Waals surface area (Å²) in [5.41, 5.74) is -0.382. The summed E-state index contributed by atoms with van der Waals surface area (Å²) in [4.78, 5) is 28.2. The Morgan fingerprint density at radius 1 is 1.37 bits per heavy atom. The molecule has 8 nitrogen and oxygen atoms in total. The molecule has 2 atom stereocenters. The predicted octanol–water partition coefficient (Wildman–Crippen LogP) is 3.01. The second kappa shape index (κ2) is 8.71. The van der Waals surface area contributed by atoms with E-state index in [0.717, 1.165) is 12.8 Å². The van der Waals surface area contributed by atoms with E-state index in [1.807, 2.05) is 26.8 Å². The molecule has 1 heterocycles. The van der Waals surface area contributed by atoms with Crippen LogP contribution in [0.15, 0.2) is 12.3 Å². The zero-order valence-corrected chi connectivity index (χ0v) is 16.1. The van der Waals surface area contributed by atoms with Crippen molar-refractivity contribution in [1.82, 2.24) is 10.3 Å². The number of methoxy groups -OCH3 is 1. The van der Waals surface area contributed by atoms with Crippen molar-refractivity contribution in [1.29, 1.82) is 5.26 Å². The third kappa shape index (κ3) is 5.84. The third-order valence-electron chi connectivity index (χ3n) is 3.99. The fraction of sp³-hybridized carbons (Fsp3) is 0.579. The number of hydrogen-bond donors (Lipinski definition) is 1. The van der Waals surface area contributed by atoms with Crippen LogP contribution in [0.1, 0.15) is 56.8 Å². The van der Waals surface area contributed by atoms with Gasteiger partial charge >= 0.3 is 6.09 Å². The van der Waals surface area contributed by atoms with Gasteiger partial charge in [-0.1, -0.05) is 0 Å². The first-order valence-corrected chi connectivity index (χ1v) is 8.82. The van der Waals surface area contributed by atoms with E-state index in [-0.39, 0.29) is 30.0 Å². The summed E-state index contributed by atoms with van der Waals surface area (Å²) in [6.07, 6.45) is 2.63. The molecule has 0 unspecified atom stereocenters. The molecule has 2 rings (SSSR count). The highest BCUT2D eigenvalue weighted by Gasteiger charge is 2.30. The molecule has 1 aliphatic carbocycles. The van der Waals surface area contributed by atoms with Crippen molar-refractivity contribution in [3.05, 3.63) is 17.8 Å². The number of carbonyl (C=O) groups excluding carboxylic acids is 2. The number of pyridine rings is 1. The molecule has 1 aromatic rings. The number of amides is 1. The second-order valence-corrected chi connectivity index (χ2v) is 7.35. The third-order valence-corrected chi connectivity index (χ3v) is 3.99. The fourth-order valence-electron chi connectivity index (χ4n) is 2.93. The van der Waals surface area contributed by atoms with Crippen molar-refractivity contribution in [2.45, 2.75) is 64.2 Å². The molecule has 1 N–H and O–H groups in total. The number of carbonyl (C=O) groups is 2. The van der Waals surface area contributed by atoms with Crippen molar-refractivity contribution < 1.29 is 23.8 Å². The van der Waals surface area contributed by atoms with Crippen LogP contribution in [0.5, 0.6) is 11.6 Å². The maximum atomic E-state index is 12.3. The van der Waals surface area contributed by atoms with Crippen LogP contribution in [0.4, 0.5) is 4.79 Å². The number of aromatic nitrogens is 1. The number of rotatable bonds is 6. The van der Waals surface area contributed by atoms with Gasteiger partial charge in [0.2, 0.25) is 5.88 Å². The molecule has 0 radical (unpaired) electrons. The van der Waals surface area contributed by atoms with Crippen molar-refractivity contribution in [3.8, 4) is 17.7 Å². The first kappa shape index (κ1) is 20.5. The molecule has 1 aromatic heterocycles. The van der Waals surface area contributed by atoms with Gasteiger partial charge in [0.1, 0.15) is 23.0 Å². The number of nitriles is 1. The summed E-state index contributed by atoms with van der Waals surface area (Å²) in [7, 11) is 1.41. The lowest BCUT2D eigenvalue weighted by molar-refractivity contribution is 0.0503. The van der Waals surface area contributed by atoms with Crippen molar-refractivity contribution in [2.24, 2.45) is 0 Å². The van der Waals surface area contributed by atoms with E-state index in [1.165, 1.54) is 13.3 Å². The van der Waals surface area contributed by atoms with Crippen molar-refractivity contribution in [2.75, 3.05) is 7.11 Å². The van der Waals surface area contributed by atoms with Gasteiger partial charge < -0.3 is 19.5 Å². The molecule has 0 spiro atoms. The number of hydrogen-bond acceptors (Lipinski definition) is 7. The van der Waals surface area contributed by atoms with Crippen LogP contribution in [0.3, 0.4) is 0 Å². The van der Waals surface area contributed by atoms with Crippen molar-refractivity contribution in [3.63, 3.8) is 0 Å². The molecule has 0 aromatic carbocycles. The number of Topliss-reactive ketones (excluding diaryl/α,β-unsaturated/α-hetero) is 1. The molecule has 1 fully saturated rings. The van der Waals surface area contributed by atoms with Gasteiger partial charge in [-0.25, -0.2) is 9.78 Å². The summed E-state index contributed by atoms with van der Waals surface area (Å²) in [6, 6.07) is 3.36. The summed E-state index contributed by atoms with van der Waals surface area (Å²) in [5, 5.41) is 11.7. The summed E-state index contributed by atoms with van der Waals surface area (Å²) in [6.45, 7) is 5.43. The first-order chi connectivity index (χ1) is 12.7. The Bertz CT molecular complexity index is 736. The topological polar surface area (TPSA) is 111 Å². The number of nitrogens with one attached hydrogen (secondary N) is 1. The highest BCUT2D eigenvalue weighted by Crippen LogP contribution is 2.31. The molecule has 146 valence electrons. The number of ketones is 1. The van der Waals surface area contributed by atoms with Gasteiger partial charge in [0.05, 0.1) is 19.6 Å². The molecule has 1 aliphatic rings. The van der Waals surface area contributed by atoms with Gasteiger partial charge in [-0.3, -0.25) is 4.79 Å². The highest BCUT2D eigenvalue weighted by atomic mass is 16.6. The van der Waals surface area contributed by atoms with Gasteiger partial charge in [-0.15, -0.1) is 0 Å². The minimum atomic E-state index is -0.553. The summed E-state index contributed by atoms with van der Waals surface area (Å²) < 4.78 is 16.4. The van der Waals surface area contributed by atoms with Crippen LogP contribution in [-0.2, 0) is 4.74 Å². The quantitative estimate of drug-likeness (QED) is 0.761. The molecular weight excluding hydrogens is 350 g/mol. The Balaban J connectivity index is 2.03. The highest BCUT2D eigenvalue weighted by molar-refractivity contribution is 6.01. The number of ether oxygens (including phenoxy) is 3. The molecule has 8 heteroatoms.